The van der Waals surface area contributed by atoms with Crippen molar-refractivity contribution in [1.82, 2.24) is 19.8 Å². The van der Waals surface area contributed by atoms with Gasteiger partial charge < -0.3 is 15.8 Å². The number of halogens is 1. The summed E-state index contributed by atoms with van der Waals surface area (Å²) in [6.45, 7) is 2.38. The van der Waals surface area contributed by atoms with Crippen LogP contribution in [0.2, 0.25) is 0 Å². The Labute approximate surface area is 197 Å². The molecule has 34 heavy (non-hydrogen) atoms. The zero-order valence-corrected chi connectivity index (χ0v) is 19.4. The van der Waals surface area contributed by atoms with E-state index in [1.165, 1.54) is 42.5 Å². The van der Waals surface area contributed by atoms with Crippen molar-refractivity contribution >= 4 is 23.5 Å². The average Bonchev–Trinajstić information content (AvgIpc) is 2.78. The summed E-state index contributed by atoms with van der Waals surface area (Å²) >= 11 is 0. The quantitative estimate of drug-likeness (QED) is 0.612. The van der Waals surface area contributed by atoms with Crippen molar-refractivity contribution in [3.63, 3.8) is 0 Å². The van der Waals surface area contributed by atoms with E-state index in [2.05, 4.69) is 32.1 Å². The molecule has 0 aliphatic carbocycles. The van der Waals surface area contributed by atoms with Crippen LogP contribution in [0.15, 0.2) is 35.6 Å². The lowest BCUT2D eigenvalue weighted by molar-refractivity contribution is -0.128. The van der Waals surface area contributed by atoms with Gasteiger partial charge in [-0.25, -0.2) is 19.4 Å². The molecule has 0 saturated carbocycles. The topological polar surface area (TPSA) is 126 Å². The second kappa shape index (κ2) is 10.3. The third kappa shape index (κ3) is 5.85. The number of guanidine groups is 1. The molecule has 0 radical (unpaired) electrons. The molecule has 1 unspecified atom stereocenters. The second-order valence-electron chi connectivity index (χ2n) is 8.14. The molecule has 1 aromatic carbocycles. The Morgan fingerprint density at radius 1 is 1.32 bits per heavy atom. The van der Waals surface area contributed by atoms with E-state index >= 15 is 0 Å². The monoisotopic (exact) mass is 467 g/mol. The van der Waals surface area contributed by atoms with Gasteiger partial charge in [0.15, 0.2) is 12.6 Å². The first-order valence-electron chi connectivity index (χ1n) is 10.4. The van der Waals surface area contributed by atoms with Gasteiger partial charge in [0.1, 0.15) is 11.5 Å². The first kappa shape index (κ1) is 24.6. The minimum Gasteiger partial charge on any atom is -0.463 e. The van der Waals surface area contributed by atoms with Crippen LogP contribution in [0.3, 0.4) is 0 Å². The largest absolute Gasteiger partial charge is 0.463 e. The van der Waals surface area contributed by atoms with E-state index in [-0.39, 0.29) is 42.0 Å². The Hall–Kier alpha value is -4.04. The lowest BCUT2D eigenvalue weighted by Gasteiger charge is -2.34. The van der Waals surface area contributed by atoms with Crippen molar-refractivity contribution in [2.24, 2.45) is 10.7 Å². The molecule has 0 bridgehead atoms. The van der Waals surface area contributed by atoms with Crippen LogP contribution >= 0.6 is 0 Å². The molecule has 178 valence electrons. The Morgan fingerprint density at radius 2 is 2.09 bits per heavy atom. The number of benzene rings is 1. The molecule has 0 spiro atoms. The average molecular weight is 468 g/mol. The van der Waals surface area contributed by atoms with Gasteiger partial charge in [0.2, 0.25) is 11.8 Å². The van der Waals surface area contributed by atoms with Gasteiger partial charge in [0.25, 0.3) is 5.91 Å². The van der Waals surface area contributed by atoms with Crippen LogP contribution in [0.25, 0.3) is 0 Å². The molecule has 2 heterocycles. The third-order valence-electron chi connectivity index (χ3n) is 5.05. The molecule has 1 atom stereocenters. The number of amides is 2. The highest BCUT2D eigenvalue weighted by atomic mass is 19.1. The van der Waals surface area contributed by atoms with Crippen LogP contribution in [0, 0.1) is 17.7 Å². The molecular weight excluding hydrogens is 441 g/mol. The summed E-state index contributed by atoms with van der Waals surface area (Å²) in [5, 5.41) is 2.65. The predicted octanol–water partition coefficient (Wildman–Crippen LogP) is 1.20. The predicted molar refractivity (Wildman–Crippen MR) is 125 cm³/mol. The fourth-order valence-corrected chi connectivity index (χ4v) is 3.16. The van der Waals surface area contributed by atoms with E-state index in [9.17, 15) is 14.0 Å². The minimum absolute atomic E-state index is 0.00569. The number of nitrogens with one attached hydrogen (secondary N) is 1. The van der Waals surface area contributed by atoms with Crippen LogP contribution in [0.4, 0.5) is 10.1 Å². The number of nitrogens with zero attached hydrogens (tertiary/aromatic N) is 5. The highest BCUT2D eigenvalue weighted by molar-refractivity contribution is 6.03. The maximum absolute atomic E-state index is 14.6. The van der Waals surface area contributed by atoms with Gasteiger partial charge >= 0.3 is 0 Å². The second-order valence-corrected chi connectivity index (χ2v) is 8.14. The Balaban J connectivity index is 1.70. The summed E-state index contributed by atoms with van der Waals surface area (Å²) in [7, 11) is 5.33. The molecule has 3 rings (SSSR count). The fourth-order valence-electron chi connectivity index (χ4n) is 3.16. The Kier molecular flexibility index (Phi) is 7.43. The number of nitrogens with two attached hydrogens (primary N) is 1. The van der Waals surface area contributed by atoms with Gasteiger partial charge in [-0.2, -0.15) is 0 Å². The van der Waals surface area contributed by atoms with E-state index in [1.807, 2.05) is 19.0 Å². The molecular formula is C23H26FN7O3. The van der Waals surface area contributed by atoms with Crippen molar-refractivity contribution in [2.75, 3.05) is 39.6 Å². The Bertz CT molecular complexity index is 1170. The zero-order valence-electron chi connectivity index (χ0n) is 19.4. The fraction of sp³-hybridized carbons (Fsp3) is 0.348. The highest BCUT2D eigenvalue weighted by Crippen LogP contribution is 2.35. The first-order chi connectivity index (χ1) is 16.1. The molecule has 1 aliphatic rings. The lowest BCUT2D eigenvalue weighted by atomic mass is 9.87. The van der Waals surface area contributed by atoms with Crippen LogP contribution in [-0.4, -0.2) is 71.8 Å². The standard InChI is InChI=1S/C23H26FN7O3/c1-23(12-20(32)31(4)22(25)29-23)16-11-15(7-8-17(16)24)28-21(33)18-13-27-19(14-26-18)34-10-6-5-9-30(2)3/h7-8,11,13-14H,9-10,12H2,1-4H3,(H2,25,29)(H,28,33). The Morgan fingerprint density at radius 3 is 2.74 bits per heavy atom. The number of rotatable bonds is 6. The summed E-state index contributed by atoms with van der Waals surface area (Å²) in [5.74, 6) is 4.61. The minimum atomic E-state index is -1.20. The van der Waals surface area contributed by atoms with Crippen molar-refractivity contribution in [3.8, 4) is 17.7 Å². The van der Waals surface area contributed by atoms with Crippen molar-refractivity contribution < 1.29 is 18.7 Å². The van der Waals surface area contributed by atoms with Crippen LogP contribution in [-0.2, 0) is 10.3 Å². The molecule has 10 nitrogen and oxygen atoms in total. The SMILES string of the molecule is CN(C)CC#CCOc1cnc(C(=O)Nc2ccc(F)c(C3(C)CC(=O)N(C)C(N)=N3)c2)cn1. The summed E-state index contributed by atoms with van der Waals surface area (Å²) in [6, 6.07) is 4.03. The van der Waals surface area contributed by atoms with Gasteiger partial charge in [-0.3, -0.25) is 19.4 Å². The molecule has 0 fully saturated rings. The number of ether oxygens (including phenoxy) is 1. The van der Waals surface area contributed by atoms with Crippen molar-refractivity contribution in [1.29, 1.82) is 0 Å². The number of carbonyl (C=O) groups is 2. The van der Waals surface area contributed by atoms with Gasteiger partial charge in [-0.05, 0) is 39.2 Å². The first-order valence-corrected chi connectivity index (χ1v) is 10.4. The summed E-state index contributed by atoms with van der Waals surface area (Å²) in [6.07, 6.45) is 2.52. The summed E-state index contributed by atoms with van der Waals surface area (Å²) in [5.41, 5.74) is 5.11. The van der Waals surface area contributed by atoms with Gasteiger partial charge in [0.05, 0.1) is 30.9 Å². The van der Waals surface area contributed by atoms with E-state index in [1.54, 1.807) is 6.92 Å². The summed E-state index contributed by atoms with van der Waals surface area (Å²) < 4.78 is 20.0. The smallest absolute Gasteiger partial charge is 0.275 e. The molecule has 0 saturated heterocycles. The summed E-state index contributed by atoms with van der Waals surface area (Å²) in [4.78, 5) is 40.4. The molecule has 2 aromatic rings. The van der Waals surface area contributed by atoms with Crippen molar-refractivity contribution in [2.45, 2.75) is 18.9 Å². The molecule has 1 aromatic heterocycles. The van der Waals surface area contributed by atoms with Gasteiger partial charge in [-0.15, -0.1) is 0 Å². The van der Waals surface area contributed by atoms with E-state index < -0.39 is 17.3 Å². The van der Waals surface area contributed by atoms with Crippen molar-refractivity contribution in [3.05, 3.63) is 47.7 Å². The van der Waals surface area contributed by atoms with E-state index in [0.29, 0.717) is 12.2 Å². The number of hydrogen-bond donors (Lipinski definition) is 2. The highest BCUT2D eigenvalue weighted by Gasteiger charge is 2.38. The van der Waals surface area contributed by atoms with E-state index in [0.717, 1.165) is 0 Å². The lowest BCUT2D eigenvalue weighted by Crippen LogP contribution is -2.47. The normalized spacial score (nSPS) is 17.6. The van der Waals surface area contributed by atoms with E-state index in [4.69, 9.17) is 10.5 Å². The van der Waals surface area contributed by atoms with Crippen LogP contribution < -0.4 is 15.8 Å². The molecule has 3 N–H and O–H groups in total. The van der Waals surface area contributed by atoms with Gasteiger partial charge in [0, 0.05) is 18.3 Å². The molecule has 11 heteroatoms. The van der Waals surface area contributed by atoms with Crippen LogP contribution in [0.5, 0.6) is 5.88 Å². The number of aliphatic imine (C=N–C) groups is 1. The maximum atomic E-state index is 14.6. The number of aromatic nitrogens is 2. The van der Waals surface area contributed by atoms with Crippen LogP contribution in [0.1, 0.15) is 29.4 Å². The molecule has 1 aliphatic heterocycles. The number of carbonyl (C=O) groups excluding carboxylic acids is 2. The molecule has 2 amide bonds. The number of hydrogen-bond acceptors (Lipinski definition) is 8. The zero-order chi connectivity index (χ0) is 24.9. The number of anilines is 1. The third-order valence-corrected chi connectivity index (χ3v) is 5.05. The maximum Gasteiger partial charge on any atom is 0.275 e. The van der Waals surface area contributed by atoms with Gasteiger partial charge in [-0.1, -0.05) is 11.8 Å².